The summed E-state index contributed by atoms with van der Waals surface area (Å²) < 4.78 is 11.4. The van der Waals surface area contributed by atoms with Gasteiger partial charge in [-0.1, -0.05) is 16.8 Å². The number of rotatable bonds is 5. The summed E-state index contributed by atoms with van der Waals surface area (Å²) in [5.41, 5.74) is 7.58. The third-order valence-corrected chi connectivity index (χ3v) is 3.22. The SMILES string of the molecule is CCOc1ccc(Cl)cc1COc1cc(N)nc2[nH]nnc12. The Balaban J connectivity index is 1.88. The second kappa shape index (κ2) is 6.07. The maximum Gasteiger partial charge on any atom is 0.181 e. The van der Waals surface area contributed by atoms with Gasteiger partial charge in [-0.15, -0.1) is 5.10 Å². The summed E-state index contributed by atoms with van der Waals surface area (Å²) in [5.74, 6) is 1.55. The number of ether oxygens (including phenoxy) is 2. The van der Waals surface area contributed by atoms with Crippen molar-refractivity contribution in [1.82, 2.24) is 20.4 Å². The van der Waals surface area contributed by atoms with Crippen LogP contribution in [-0.4, -0.2) is 27.0 Å². The number of nitrogens with two attached hydrogens (primary N) is 1. The minimum Gasteiger partial charge on any atom is -0.493 e. The predicted octanol–water partition coefficient (Wildman–Crippen LogP) is 2.57. The Kier molecular flexibility index (Phi) is 3.97. The van der Waals surface area contributed by atoms with E-state index >= 15 is 0 Å². The van der Waals surface area contributed by atoms with Gasteiger partial charge in [0.25, 0.3) is 0 Å². The standard InChI is InChI=1S/C14H14ClN5O2/c1-2-21-10-4-3-9(15)5-8(10)7-22-11-6-12(16)17-14-13(11)18-20-19-14/h3-6H,2,7H2,1H3,(H3,16,17,18,19,20). The third-order valence-electron chi connectivity index (χ3n) is 2.99. The summed E-state index contributed by atoms with van der Waals surface area (Å²) in [5, 5.41) is 10.9. The minimum atomic E-state index is 0.265. The van der Waals surface area contributed by atoms with Crippen molar-refractivity contribution in [2.24, 2.45) is 0 Å². The van der Waals surface area contributed by atoms with Gasteiger partial charge >= 0.3 is 0 Å². The van der Waals surface area contributed by atoms with Crippen LogP contribution in [0.5, 0.6) is 11.5 Å². The maximum atomic E-state index is 6.03. The molecule has 8 heteroatoms. The van der Waals surface area contributed by atoms with Crippen LogP contribution in [0.2, 0.25) is 5.02 Å². The fourth-order valence-corrected chi connectivity index (χ4v) is 2.25. The van der Waals surface area contributed by atoms with Crippen LogP contribution in [-0.2, 0) is 6.61 Å². The summed E-state index contributed by atoms with van der Waals surface area (Å²) in [6, 6.07) is 7.00. The van der Waals surface area contributed by atoms with Crippen LogP contribution >= 0.6 is 11.6 Å². The lowest BCUT2D eigenvalue weighted by Crippen LogP contribution is -2.02. The number of benzene rings is 1. The lowest BCUT2D eigenvalue weighted by molar-refractivity contribution is 0.288. The van der Waals surface area contributed by atoms with Gasteiger partial charge in [-0.25, -0.2) is 10.1 Å². The van der Waals surface area contributed by atoms with E-state index in [9.17, 15) is 0 Å². The second-order valence-corrected chi connectivity index (χ2v) is 4.96. The monoisotopic (exact) mass is 319 g/mol. The Morgan fingerprint density at radius 2 is 2.09 bits per heavy atom. The van der Waals surface area contributed by atoms with Gasteiger partial charge in [0.15, 0.2) is 16.9 Å². The van der Waals surface area contributed by atoms with Crippen LogP contribution in [0.3, 0.4) is 0 Å². The Bertz CT molecular complexity index is 805. The van der Waals surface area contributed by atoms with Gasteiger partial charge in [0.05, 0.1) is 6.61 Å². The second-order valence-electron chi connectivity index (χ2n) is 4.53. The van der Waals surface area contributed by atoms with E-state index < -0.39 is 0 Å². The molecule has 0 bridgehead atoms. The molecule has 0 fully saturated rings. The highest BCUT2D eigenvalue weighted by Crippen LogP contribution is 2.27. The van der Waals surface area contributed by atoms with E-state index in [2.05, 4.69) is 20.4 Å². The number of hydrogen-bond acceptors (Lipinski definition) is 6. The molecule has 22 heavy (non-hydrogen) atoms. The summed E-state index contributed by atoms with van der Waals surface area (Å²) in [6.45, 7) is 2.74. The quantitative estimate of drug-likeness (QED) is 0.750. The van der Waals surface area contributed by atoms with Crippen molar-refractivity contribution in [2.45, 2.75) is 13.5 Å². The first-order chi connectivity index (χ1) is 10.7. The summed E-state index contributed by atoms with van der Waals surface area (Å²) in [4.78, 5) is 4.08. The lowest BCUT2D eigenvalue weighted by Gasteiger charge is -2.12. The minimum absolute atomic E-state index is 0.265. The van der Waals surface area contributed by atoms with Crippen molar-refractivity contribution < 1.29 is 9.47 Å². The van der Waals surface area contributed by atoms with Gasteiger partial charge in [0.2, 0.25) is 0 Å². The normalized spacial score (nSPS) is 10.8. The van der Waals surface area contributed by atoms with Crippen molar-refractivity contribution in [2.75, 3.05) is 12.3 Å². The molecule has 2 heterocycles. The van der Waals surface area contributed by atoms with E-state index in [4.69, 9.17) is 26.8 Å². The molecular formula is C14H14ClN5O2. The molecule has 0 saturated carbocycles. The molecule has 2 aromatic heterocycles. The zero-order valence-electron chi connectivity index (χ0n) is 11.8. The van der Waals surface area contributed by atoms with E-state index in [-0.39, 0.29) is 6.61 Å². The van der Waals surface area contributed by atoms with Crippen LogP contribution in [0.1, 0.15) is 12.5 Å². The number of hydrogen-bond donors (Lipinski definition) is 2. The summed E-state index contributed by atoms with van der Waals surface area (Å²) in [7, 11) is 0. The number of nitrogens with zero attached hydrogens (tertiary/aromatic N) is 3. The number of aromatic nitrogens is 4. The molecule has 0 aliphatic carbocycles. The van der Waals surface area contributed by atoms with E-state index in [1.165, 1.54) is 0 Å². The number of H-pyrrole nitrogens is 1. The topological polar surface area (TPSA) is 98.9 Å². The zero-order valence-corrected chi connectivity index (χ0v) is 12.6. The molecule has 0 aliphatic heterocycles. The summed E-state index contributed by atoms with van der Waals surface area (Å²) in [6.07, 6.45) is 0. The van der Waals surface area contributed by atoms with Crippen LogP contribution in [0.15, 0.2) is 24.3 Å². The number of fused-ring (bicyclic) bond motifs is 1. The van der Waals surface area contributed by atoms with Gasteiger partial charge in [-0.05, 0) is 25.1 Å². The molecule has 7 nitrogen and oxygen atoms in total. The number of pyridine rings is 1. The van der Waals surface area contributed by atoms with Gasteiger partial charge in [0, 0.05) is 16.7 Å². The molecule has 114 valence electrons. The Morgan fingerprint density at radius 3 is 2.91 bits per heavy atom. The van der Waals surface area contributed by atoms with Crippen LogP contribution in [0.25, 0.3) is 11.2 Å². The van der Waals surface area contributed by atoms with Crippen LogP contribution in [0, 0.1) is 0 Å². The number of nitrogen functional groups attached to an aromatic ring is 1. The Hall–Kier alpha value is -2.54. The molecule has 0 atom stereocenters. The molecule has 3 rings (SSSR count). The molecule has 3 aromatic rings. The molecule has 0 unspecified atom stereocenters. The Labute approximate surface area is 131 Å². The van der Waals surface area contributed by atoms with E-state index in [1.54, 1.807) is 18.2 Å². The molecule has 0 radical (unpaired) electrons. The maximum absolute atomic E-state index is 6.03. The molecular weight excluding hydrogens is 306 g/mol. The average Bonchev–Trinajstić information content (AvgIpc) is 2.95. The molecule has 0 saturated heterocycles. The van der Waals surface area contributed by atoms with Crippen molar-refractivity contribution in [3.63, 3.8) is 0 Å². The first-order valence-corrected chi connectivity index (χ1v) is 7.06. The summed E-state index contributed by atoms with van der Waals surface area (Å²) >= 11 is 6.03. The van der Waals surface area contributed by atoms with Crippen molar-refractivity contribution in [1.29, 1.82) is 0 Å². The van der Waals surface area contributed by atoms with E-state index in [0.717, 1.165) is 11.3 Å². The predicted molar refractivity (Wildman–Crippen MR) is 83.0 cm³/mol. The largest absolute Gasteiger partial charge is 0.493 e. The van der Waals surface area contributed by atoms with Gasteiger partial charge in [-0.2, -0.15) is 0 Å². The first-order valence-electron chi connectivity index (χ1n) is 6.68. The first kappa shape index (κ1) is 14.4. The van der Waals surface area contributed by atoms with Crippen molar-refractivity contribution >= 4 is 28.6 Å². The highest BCUT2D eigenvalue weighted by Gasteiger charge is 2.11. The molecule has 0 aliphatic rings. The van der Waals surface area contributed by atoms with Gasteiger partial charge in [0.1, 0.15) is 18.2 Å². The van der Waals surface area contributed by atoms with E-state index in [0.29, 0.717) is 34.4 Å². The highest BCUT2D eigenvalue weighted by molar-refractivity contribution is 6.30. The molecule has 0 amide bonds. The van der Waals surface area contributed by atoms with E-state index in [1.807, 2.05) is 13.0 Å². The smallest absolute Gasteiger partial charge is 0.181 e. The van der Waals surface area contributed by atoms with Crippen LogP contribution < -0.4 is 15.2 Å². The van der Waals surface area contributed by atoms with Crippen molar-refractivity contribution in [3.8, 4) is 11.5 Å². The Morgan fingerprint density at radius 1 is 1.23 bits per heavy atom. The lowest BCUT2D eigenvalue weighted by atomic mass is 10.2. The molecule has 3 N–H and O–H groups in total. The number of nitrogens with one attached hydrogen (secondary N) is 1. The third kappa shape index (κ3) is 2.89. The number of aromatic amines is 1. The van der Waals surface area contributed by atoms with Crippen LogP contribution in [0.4, 0.5) is 5.82 Å². The zero-order chi connectivity index (χ0) is 15.5. The fraction of sp³-hybridized carbons (Fsp3) is 0.214. The fourth-order valence-electron chi connectivity index (χ4n) is 2.05. The van der Waals surface area contributed by atoms with Gasteiger partial charge in [-0.3, -0.25) is 0 Å². The van der Waals surface area contributed by atoms with Gasteiger partial charge < -0.3 is 15.2 Å². The highest BCUT2D eigenvalue weighted by atomic mass is 35.5. The number of halogens is 1. The molecule has 0 spiro atoms. The average molecular weight is 320 g/mol. The molecule has 1 aromatic carbocycles. The number of anilines is 1. The van der Waals surface area contributed by atoms with Crippen molar-refractivity contribution in [3.05, 3.63) is 34.9 Å².